The molecule has 7 heteroatoms. The van der Waals surface area contributed by atoms with E-state index >= 15 is 0 Å². The predicted molar refractivity (Wildman–Crippen MR) is 88.5 cm³/mol. The summed E-state index contributed by atoms with van der Waals surface area (Å²) in [4.78, 5) is 17.6. The molecular formula is C17H20N4O3. The molecule has 7 nitrogen and oxygen atoms in total. The summed E-state index contributed by atoms with van der Waals surface area (Å²) < 4.78 is 11.5. The van der Waals surface area contributed by atoms with E-state index in [-0.39, 0.29) is 5.82 Å². The van der Waals surface area contributed by atoms with Crippen molar-refractivity contribution in [1.29, 1.82) is 0 Å². The maximum atomic E-state index is 11.4. The topological polar surface area (TPSA) is 69.5 Å². The van der Waals surface area contributed by atoms with Gasteiger partial charge in [0.15, 0.2) is 0 Å². The first-order valence-electron chi connectivity index (χ1n) is 7.73. The fourth-order valence-corrected chi connectivity index (χ4v) is 2.68. The Hall–Kier alpha value is -2.67. The van der Waals surface area contributed by atoms with E-state index in [1.165, 1.54) is 18.2 Å². The van der Waals surface area contributed by atoms with E-state index in [0.29, 0.717) is 6.67 Å². The van der Waals surface area contributed by atoms with E-state index in [1.807, 2.05) is 12.1 Å². The molecule has 24 heavy (non-hydrogen) atoms. The molecule has 0 aliphatic carbocycles. The van der Waals surface area contributed by atoms with Crippen LogP contribution in [-0.2, 0) is 11.4 Å². The second kappa shape index (κ2) is 7.27. The second-order valence-corrected chi connectivity index (χ2v) is 5.53. The van der Waals surface area contributed by atoms with E-state index in [9.17, 15) is 4.79 Å². The predicted octanol–water partition coefficient (Wildman–Crippen LogP) is 1.82. The van der Waals surface area contributed by atoms with Crippen LogP contribution in [0.4, 0.5) is 0 Å². The zero-order valence-corrected chi connectivity index (χ0v) is 13.8. The van der Waals surface area contributed by atoms with Crippen molar-refractivity contribution in [3.05, 3.63) is 48.1 Å². The third-order valence-electron chi connectivity index (χ3n) is 3.98. The summed E-state index contributed by atoms with van der Waals surface area (Å²) in [5.41, 5.74) is 2.52. The number of aromatic nitrogens is 3. The Bertz CT molecular complexity index is 754. The molecule has 2 heterocycles. The number of carbonyl (C=O) groups excluding carboxylic acids is 1. The van der Waals surface area contributed by atoms with Crippen molar-refractivity contribution >= 4 is 11.5 Å². The lowest BCUT2D eigenvalue weighted by Crippen LogP contribution is -2.31. The van der Waals surface area contributed by atoms with Crippen LogP contribution in [0.3, 0.4) is 0 Å². The summed E-state index contributed by atoms with van der Waals surface area (Å²) in [7, 11) is 3.00. The first-order chi connectivity index (χ1) is 11.7. The summed E-state index contributed by atoms with van der Waals surface area (Å²) in [6, 6.07) is 8.11. The molecule has 0 saturated carbocycles. The maximum Gasteiger partial charge on any atom is 0.377 e. The average molecular weight is 328 g/mol. The van der Waals surface area contributed by atoms with Crippen LogP contribution in [0.1, 0.15) is 22.6 Å². The summed E-state index contributed by atoms with van der Waals surface area (Å²) >= 11 is 0. The first kappa shape index (κ1) is 16.2. The minimum absolute atomic E-state index is 0.0853. The number of nitrogens with zero attached hydrogens (tertiary/aromatic N) is 4. The molecule has 126 valence electrons. The lowest BCUT2D eigenvalue weighted by Gasteiger charge is -2.26. The molecule has 0 atom stereocenters. The van der Waals surface area contributed by atoms with Crippen molar-refractivity contribution in [2.24, 2.45) is 0 Å². The second-order valence-electron chi connectivity index (χ2n) is 5.53. The largest absolute Gasteiger partial charge is 0.497 e. The van der Waals surface area contributed by atoms with Gasteiger partial charge >= 0.3 is 5.97 Å². The zero-order valence-electron chi connectivity index (χ0n) is 13.8. The molecule has 0 fully saturated rings. The highest BCUT2D eigenvalue weighted by atomic mass is 16.5. The standard InChI is InChI=1S/C17H20N4O3/c1-23-15-5-3-4-14(10-15)13-6-8-20(9-7-13)12-21-11-18-16(19-21)17(22)24-2/h3-6,10-11H,7-9,12H2,1-2H3. The smallest absolute Gasteiger partial charge is 0.377 e. The van der Waals surface area contributed by atoms with Gasteiger partial charge in [0.1, 0.15) is 12.1 Å². The van der Waals surface area contributed by atoms with Gasteiger partial charge in [0.25, 0.3) is 5.82 Å². The molecule has 0 bridgehead atoms. The molecule has 0 unspecified atom stereocenters. The third-order valence-corrected chi connectivity index (χ3v) is 3.98. The molecule has 1 aliphatic rings. The van der Waals surface area contributed by atoms with Crippen LogP contribution in [0, 0.1) is 0 Å². The Balaban J connectivity index is 1.62. The molecule has 0 spiro atoms. The highest BCUT2D eigenvalue weighted by molar-refractivity contribution is 5.84. The Morgan fingerprint density at radius 1 is 1.33 bits per heavy atom. The van der Waals surface area contributed by atoms with Gasteiger partial charge in [-0.3, -0.25) is 4.90 Å². The normalized spacial score (nSPS) is 15.0. The SMILES string of the molecule is COC(=O)c1ncn(CN2CC=C(c3cccc(OC)c3)CC2)n1. The van der Waals surface area contributed by atoms with E-state index in [4.69, 9.17) is 4.74 Å². The maximum absolute atomic E-state index is 11.4. The van der Waals surface area contributed by atoms with Gasteiger partial charge in [-0.25, -0.2) is 14.5 Å². The third kappa shape index (κ3) is 3.62. The number of hydrogen-bond donors (Lipinski definition) is 0. The summed E-state index contributed by atoms with van der Waals surface area (Å²) in [6.45, 7) is 2.32. The van der Waals surface area contributed by atoms with Crippen LogP contribution >= 0.6 is 0 Å². The summed E-state index contributed by atoms with van der Waals surface area (Å²) in [5, 5.41) is 4.13. The number of hydrogen-bond acceptors (Lipinski definition) is 6. The fourth-order valence-electron chi connectivity index (χ4n) is 2.68. The molecule has 0 radical (unpaired) electrons. The van der Waals surface area contributed by atoms with Crippen LogP contribution in [0.2, 0.25) is 0 Å². The van der Waals surface area contributed by atoms with E-state index in [0.717, 1.165) is 25.3 Å². The molecule has 1 aromatic heterocycles. The minimum Gasteiger partial charge on any atom is -0.497 e. The first-order valence-corrected chi connectivity index (χ1v) is 7.73. The number of carbonyl (C=O) groups is 1. The molecular weight excluding hydrogens is 308 g/mol. The monoisotopic (exact) mass is 328 g/mol. The van der Waals surface area contributed by atoms with Gasteiger partial charge in [-0.2, -0.15) is 0 Å². The summed E-state index contributed by atoms with van der Waals surface area (Å²) in [6.07, 6.45) is 4.72. The van der Waals surface area contributed by atoms with Crippen molar-refractivity contribution in [3.63, 3.8) is 0 Å². The molecule has 1 aliphatic heterocycles. The molecule has 3 rings (SSSR count). The molecule has 0 saturated heterocycles. The van der Waals surface area contributed by atoms with Crippen LogP contribution in [-0.4, -0.2) is 52.9 Å². The minimum atomic E-state index is -0.521. The lowest BCUT2D eigenvalue weighted by molar-refractivity contribution is 0.0585. The van der Waals surface area contributed by atoms with Crippen LogP contribution in [0.25, 0.3) is 5.57 Å². The molecule has 0 N–H and O–H groups in total. The Kier molecular flexibility index (Phi) is 4.90. The van der Waals surface area contributed by atoms with Crippen molar-refractivity contribution < 1.29 is 14.3 Å². The van der Waals surface area contributed by atoms with E-state index in [2.05, 4.69) is 37.9 Å². The fraction of sp³-hybridized carbons (Fsp3) is 0.353. The lowest BCUT2D eigenvalue weighted by atomic mass is 9.99. The highest BCUT2D eigenvalue weighted by Gasteiger charge is 2.16. The quantitative estimate of drug-likeness (QED) is 0.780. The van der Waals surface area contributed by atoms with Gasteiger partial charge in [-0.15, -0.1) is 5.10 Å². The Morgan fingerprint density at radius 3 is 2.92 bits per heavy atom. The van der Waals surface area contributed by atoms with Crippen LogP contribution < -0.4 is 4.74 Å². The number of methoxy groups -OCH3 is 2. The number of rotatable bonds is 5. The average Bonchev–Trinajstić information content (AvgIpc) is 3.10. The number of ether oxygens (including phenoxy) is 2. The molecule has 0 amide bonds. The Morgan fingerprint density at radius 2 is 2.21 bits per heavy atom. The molecule has 1 aromatic carbocycles. The van der Waals surface area contributed by atoms with Gasteiger partial charge in [0, 0.05) is 13.1 Å². The van der Waals surface area contributed by atoms with Crippen molar-refractivity contribution in [2.45, 2.75) is 13.1 Å². The van der Waals surface area contributed by atoms with Crippen molar-refractivity contribution in [1.82, 2.24) is 19.7 Å². The van der Waals surface area contributed by atoms with Crippen LogP contribution in [0.15, 0.2) is 36.7 Å². The molecule has 2 aromatic rings. The number of benzene rings is 1. The summed E-state index contributed by atoms with van der Waals surface area (Å²) in [5.74, 6) is 0.434. The van der Waals surface area contributed by atoms with Gasteiger partial charge in [-0.05, 0) is 29.7 Å². The van der Waals surface area contributed by atoms with Crippen LogP contribution in [0.5, 0.6) is 5.75 Å². The van der Waals surface area contributed by atoms with Gasteiger partial charge in [0.2, 0.25) is 0 Å². The van der Waals surface area contributed by atoms with E-state index in [1.54, 1.807) is 18.1 Å². The van der Waals surface area contributed by atoms with Gasteiger partial charge < -0.3 is 9.47 Å². The van der Waals surface area contributed by atoms with Gasteiger partial charge in [-0.1, -0.05) is 18.2 Å². The Labute approximate surface area is 140 Å². The van der Waals surface area contributed by atoms with E-state index < -0.39 is 5.97 Å². The van der Waals surface area contributed by atoms with Crippen molar-refractivity contribution in [3.8, 4) is 5.75 Å². The van der Waals surface area contributed by atoms with Crippen molar-refractivity contribution in [2.75, 3.05) is 27.3 Å². The zero-order chi connectivity index (χ0) is 16.9. The highest BCUT2D eigenvalue weighted by Crippen LogP contribution is 2.25. The number of esters is 1. The van der Waals surface area contributed by atoms with Gasteiger partial charge in [0.05, 0.1) is 20.9 Å².